The van der Waals surface area contributed by atoms with Crippen LogP contribution in [0.15, 0.2) is 29.3 Å². The van der Waals surface area contributed by atoms with E-state index in [-0.39, 0.29) is 17.6 Å². The van der Waals surface area contributed by atoms with Crippen LogP contribution < -0.4 is 5.73 Å². The van der Waals surface area contributed by atoms with E-state index in [4.69, 9.17) is 5.73 Å². The second-order valence-electron chi connectivity index (χ2n) is 4.33. The third kappa shape index (κ3) is 2.56. The predicted molar refractivity (Wildman–Crippen MR) is 72.8 cm³/mol. The number of amides is 1. The zero-order chi connectivity index (χ0) is 13.3. The van der Waals surface area contributed by atoms with Crippen LogP contribution in [0, 0.1) is 5.82 Å². The van der Waals surface area contributed by atoms with Gasteiger partial charge in [0.25, 0.3) is 5.91 Å². The van der Waals surface area contributed by atoms with Gasteiger partial charge in [-0.1, -0.05) is 6.08 Å². The van der Waals surface area contributed by atoms with Gasteiger partial charge in [0.1, 0.15) is 5.82 Å². The Morgan fingerprint density at radius 1 is 1.61 bits per heavy atom. The average molecular weight is 313 g/mol. The molecule has 1 aliphatic carbocycles. The second-order valence-corrected chi connectivity index (χ2v) is 5.19. The van der Waals surface area contributed by atoms with Gasteiger partial charge in [-0.05, 0) is 40.9 Å². The number of anilines is 1. The highest BCUT2D eigenvalue weighted by molar-refractivity contribution is 9.10. The summed E-state index contributed by atoms with van der Waals surface area (Å²) in [5.74, 6) is -0.670. The minimum Gasteiger partial charge on any atom is -0.396 e. The molecule has 2 N–H and O–H groups in total. The molecule has 0 radical (unpaired) electrons. The largest absolute Gasteiger partial charge is 0.396 e. The van der Waals surface area contributed by atoms with Gasteiger partial charge < -0.3 is 10.6 Å². The highest BCUT2D eigenvalue weighted by atomic mass is 79.9. The van der Waals surface area contributed by atoms with Crippen LogP contribution in [-0.2, 0) is 0 Å². The molecule has 0 spiro atoms. The van der Waals surface area contributed by atoms with Crippen LogP contribution in [0.5, 0.6) is 0 Å². The van der Waals surface area contributed by atoms with Crippen LogP contribution in [0.3, 0.4) is 0 Å². The summed E-state index contributed by atoms with van der Waals surface area (Å²) < 4.78 is 13.7. The summed E-state index contributed by atoms with van der Waals surface area (Å²) in [6, 6.07) is 2.87. The van der Waals surface area contributed by atoms with E-state index >= 15 is 0 Å². The average Bonchev–Trinajstić information content (AvgIpc) is 3.14. The number of nitrogen functional groups attached to an aromatic ring is 1. The van der Waals surface area contributed by atoms with Gasteiger partial charge in [-0.2, -0.15) is 0 Å². The Bertz CT molecular complexity index is 500. The Balaban J connectivity index is 2.31. The van der Waals surface area contributed by atoms with E-state index in [1.54, 1.807) is 11.0 Å². The molecule has 1 aromatic carbocycles. The van der Waals surface area contributed by atoms with E-state index in [0.29, 0.717) is 16.6 Å². The lowest BCUT2D eigenvalue weighted by atomic mass is 10.1. The van der Waals surface area contributed by atoms with E-state index in [0.717, 1.165) is 12.8 Å². The van der Waals surface area contributed by atoms with Crippen LogP contribution in [-0.4, -0.2) is 23.4 Å². The van der Waals surface area contributed by atoms with Crippen molar-refractivity contribution in [2.45, 2.75) is 18.9 Å². The third-order valence-corrected chi connectivity index (χ3v) is 3.55. The topological polar surface area (TPSA) is 46.3 Å². The first-order valence-electron chi connectivity index (χ1n) is 5.71. The summed E-state index contributed by atoms with van der Waals surface area (Å²) in [6.07, 6.45) is 3.71. The molecule has 2 rings (SSSR count). The molecule has 0 aliphatic heterocycles. The molecule has 0 heterocycles. The lowest BCUT2D eigenvalue weighted by molar-refractivity contribution is 0.0762. The van der Waals surface area contributed by atoms with Crippen LogP contribution in [0.25, 0.3) is 0 Å². The van der Waals surface area contributed by atoms with Gasteiger partial charge in [-0.3, -0.25) is 4.79 Å². The molecule has 96 valence electrons. The first kappa shape index (κ1) is 13.1. The predicted octanol–water partition coefficient (Wildman–Crippen LogP) is 2.96. The number of hydrogen-bond acceptors (Lipinski definition) is 2. The van der Waals surface area contributed by atoms with E-state index in [1.807, 2.05) is 0 Å². The Morgan fingerprint density at radius 2 is 2.28 bits per heavy atom. The zero-order valence-corrected chi connectivity index (χ0v) is 11.4. The van der Waals surface area contributed by atoms with Gasteiger partial charge in [0, 0.05) is 17.1 Å². The molecule has 1 aliphatic rings. The molecular formula is C13H14BrFN2O. The maximum absolute atomic E-state index is 13.2. The van der Waals surface area contributed by atoms with Gasteiger partial charge in [0.15, 0.2) is 0 Å². The summed E-state index contributed by atoms with van der Waals surface area (Å²) in [4.78, 5) is 14.1. The first-order valence-corrected chi connectivity index (χ1v) is 6.50. The monoisotopic (exact) mass is 312 g/mol. The molecule has 0 saturated heterocycles. The van der Waals surface area contributed by atoms with E-state index < -0.39 is 5.82 Å². The molecule has 0 unspecified atom stereocenters. The van der Waals surface area contributed by atoms with Crippen molar-refractivity contribution >= 4 is 27.5 Å². The first-order chi connectivity index (χ1) is 8.54. The van der Waals surface area contributed by atoms with E-state index in [9.17, 15) is 9.18 Å². The van der Waals surface area contributed by atoms with Gasteiger partial charge in [0.2, 0.25) is 0 Å². The number of nitrogens with two attached hydrogens (primary N) is 1. The molecule has 0 atom stereocenters. The van der Waals surface area contributed by atoms with Crippen molar-refractivity contribution in [2.75, 3.05) is 12.3 Å². The van der Waals surface area contributed by atoms with Crippen LogP contribution in [0.2, 0.25) is 0 Å². The van der Waals surface area contributed by atoms with Gasteiger partial charge in [0.05, 0.1) is 11.3 Å². The van der Waals surface area contributed by atoms with Crippen LogP contribution in [0.4, 0.5) is 10.1 Å². The smallest absolute Gasteiger partial charge is 0.255 e. The van der Waals surface area contributed by atoms with Gasteiger partial charge in [-0.25, -0.2) is 4.39 Å². The molecule has 0 aromatic heterocycles. The minimum atomic E-state index is -0.528. The number of carbonyl (C=O) groups excluding carboxylic acids is 1. The number of hydrogen-bond donors (Lipinski definition) is 1. The van der Waals surface area contributed by atoms with Gasteiger partial charge in [-0.15, -0.1) is 6.58 Å². The van der Waals surface area contributed by atoms with Crippen molar-refractivity contribution in [1.82, 2.24) is 4.90 Å². The lowest BCUT2D eigenvalue weighted by Gasteiger charge is -2.21. The zero-order valence-electron chi connectivity index (χ0n) is 9.83. The summed E-state index contributed by atoms with van der Waals surface area (Å²) in [6.45, 7) is 4.14. The van der Waals surface area contributed by atoms with Crippen molar-refractivity contribution in [3.05, 3.63) is 40.6 Å². The fraction of sp³-hybridized carbons (Fsp3) is 0.308. The summed E-state index contributed by atoms with van der Waals surface area (Å²) >= 11 is 3.20. The molecule has 1 saturated carbocycles. The number of halogens is 2. The molecule has 1 fully saturated rings. The molecule has 18 heavy (non-hydrogen) atoms. The molecular weight excluding hydrogens is 299 g/mol. The number of carbonyl (C=O) groups is 1. The Hall–Kier alpha value is -1.36. The standard InChI is InChI=1S/C13H14BrFN2O/c1-2-5-17(8-3-4-8)13(18)9-6-12(16)11(15)7-10(9)14/h2,6-8H,1,3-5,16H2. The SMILES string of the molecule is C=CCN(C(=O)c1cc(N)c(F)cc1Br)C1CC1. The fourth-order valence-corrected chi connectivity index (χ4v) is 2.29. The second kappa shape index (κ2) is 5.10. The van der Waals surface area contributed by atoms with Crippen molar-refractivity contribution in [2.24, 2.45) is 0 Å². The van der Waals surface area contributed by atoms with Crippen LogP contribution >= 0.6 is 15.9 Å². The lowest BCUT2D eigenvalue weighted by Crippen LogP contribution is -2.33. The third-order valence-electron chi connectivity index (χ3n) is 2.89. The molecule has 0 bridgehead atoms. The van der Waals surface area contributed by atoms with E-state index in [1.165, 1.54) is 12.1 Å². The molecule has 5 heteroatoms. The number of nitrogens with zero attached hydrogens (tertiary/aromatic N) is 1. The Kier molecular flexibility index (Phi) is 3.71. The normalized spacial score (nSPS) is 14.3. The highest BCUT2D eigenvalue weighted by Crippen LogP contribution is 2.31. The van der Waals surface area contributed by atoms with E-state index in [2.05, 4.69) is 22.5 Å². The maximum Gasteiger partial charge on any atom is 0.255 e. The maximum atomic E-state index is 13.2. The van der Waals surface area contributed by atoms with Gasteiger partial charge >= 0.3 is 0 Å². The Labute approximate surface area is 114 Å². The molecule has 1 aromatic rings. The number of rotatable bonds is 4. The van der Waals surface area contributed by atoms with Crippen molar-refractivity contribution in [3.8, 4) is 0 Å². The van der Waals surface area contributed by atoms with Crippen molar-refractivity contribution in [3.63, 3.8) is 0 Å². The molecule has 1 amide bonds. The summed E-state index contributed by atoms with van der Waals surface area (Å²) in [5, 5.41) is 0. The van der Waals surface area contributed by atoms with Crippen molar-refractivity contribution < 1.29 is 9.18 Å². The summed E-state index contributed by atoms with van der Waals surface area (Å²) in [5.41, 5.74) is 5.88. The minimum absolute atomic E-state index is 0.0177. The fourth-order valence-electron chi connectivity index (χ4n) is 1.81. The van der Waals surface area contributed by atoms with Crippen molar-refractivity contribution in [1.29, 1.82) is 0 Å². The Morgan fingerprint density at radius 3 is 2.83 bits per heavy atom. The number of benzene rings is 1. The summed E-state index contributed by atoms with van der Waals surface area (Å²) in [7, 11) is 0. The molecule has 3 nitrogen and oxygen atoms in total. The quantitative estimate of drug-likeness (QED) is 0.686. The van der Waals surface area contributed by atoms with Crippen LogP contribution in [0.1, 0.15) is 23.2 Å². The highest BCUT2D eigenvalue weighted by Gasteiger charge is 2.33.